The van der Waals surface area contributed by atoms with E-state index in [1.54, 1.807) is 26.0 Å². The zero-order valence-electron chi connectivity index (χ0n) is 16.5. The normalized spacial score (nSPS) is 11.9. The van der Waals surface area contributed by atoms with E-state index in [0.29, 0.717) is 35.9 Å². The number of aromatic nitrogens is 3. The number of nitrogens with one attached hydrogen (secondary N) is 1. The number of hydrogen-bond donors (Lipinski definition) is 1. The first-order chi connectivity index (χ1) is 13.8. The summed E-state index contributed by atoms with van der Waals surface area (Å²) in [6.45, 7) is 6.15. The number of nitrogens with zero attached hydrogens (tertiary/aromatic N) is 3. The molecule has 29 heavy (non-hydrogen) atoms. The van der Waals surface area contributed by atoms with Crippen LogP contribution in [-0.4, -0.2) is 40.6 Å². The fourth-order valence-corrected chi connectivity index (χ4v) is 4.66. The van der Waals surface area contributed by atoms with Crippen LogP contribution in [0.4, 0.5) is 0 Å². The molecule has 1 N–H and O–H groups in total. The molecule has 0 fully saturated rings. The predicted octanol–water partition coefficient (Wildman–Crippen LogP) is 3.14. The van der Waals surface area contributed by atoms with Crippen molar-refractivity contribution >= 4 is 21.6 Å². The molecule has 0 unspecified atom stereocenters. The minimum absolute atomic E-state index is 0.0997. The molecule has 0 saturated heterocycles. The first-order valence-electron chi connectivity index (χ1n) is 9.29. The Morgan fingerprint density at radius 2 is 1.76 bits per heavy atom. The Kier molecular flexibility index (Phi) is 6.26. The average molecular weight is 435 g/mol. The van der Waals surface area contributed by atoms with E-state index >= 15 is 0 Å². The highest BCUT2D eigenvalue weighted by Crippen LogP contribution is 2.17. The Morgan fingerprint density at radius 3 is 2.31 bits per heavy atom. The van der Waals surface area contributed by atoms with E-state index in [2.05, 4.69) is 10.1 Å². The smallest absolute Gasteiger partial charge is 0.276 e. The van der Waals surface area contributed by atoms with Gasteiger partial charge in [0.1, 0.15) is 4.90 Å². The topological polar surface area (TPSA) is 88.1 Å². The van der Waals surface area contributed by atoms with Crippen molar-refractivity contribution in [2.75, 3.05) is 13.1 Å². The van der Waals surface area contributed by atoms with Gasteiger partial charge in [0.15, 0.2) is 5.82 Å². The number of sulfonamides is 1. The fourth-order valence-electron chi connectivity index (χ4n) is 3.13. The lowest BCUT2D eigenvalue weighted by atomic mass is 10.1. The monoisotopic (exact) mass is 434 g/mol. The number of aryl methyl sites for hydroxylation is 1. The minimum atomic E-state index is -3.60. The lowest BCUT2D eigenvalue weighted by molar-refractivity contribution is 0.445. The lowest BCUT2D eigenvalue weighted by Gasteiger charge is -2.18. The molecule has 2 heterocycles. The first kappa shape index (κ1) is 21.3. The van der Waals surface area contributed by atoms with E-state index in [4.69, 9.17) is 11.6 Å². The summed E-state index contributed by atoms with van der Waals surface area (Å²) in [6.07, 6.45) is 1.74. The quantitative estimate of drug-likeness (QED) is 0.618. The van der Waals surface area contributed by atoms with Crippen LogP contribution in [0.2, 0.25) is 5.02 Å². The van der Waals surface area contributed by atoms with Gasteiger partial charge in [0, 0.05) is 42.0 Å². The van der Waals surface area contributed by atoms with Crippen LogP contribution in [0, 0.1) is 6.92 Å². The minimum Gasteiger partial charge on any atom is -0.294 e. The summed E-state index contributed by atoms with van der Waals surface area (Å²) in [6, 6.07) is 10.3. The summed E-state index contributed by atoms with van der Waals surface area (Å²) in [5.41, 5.74) is 2.10. The zero-order valence-corrected chi connectivity index (χ0v) is 18.1. The molecule has 1 aromatic carbocycles. The van der Waals surface area contributed by atoms with Gasteiger partial charge in [-0.05, 0) is 36.8 Å². The number of hydrogen-bond acceptors (Lipinski definition) is 4. The van der Waals surface area contributed by atoms with Crippen LogP contribution in [0.25, 0.3) is 5.82 Å². The van der Waals surface area contributed by atoms with Gasteiger partial charge >= 0.3 is 0 Å². The molecule has 0 bridgehead atoms. The molecule has 0 amide bonds. The third kappa shape index (κ3) is 4.29. The maximum Gasteiger partial charge on any atom is 0.276 e. The van der Waals surface area contributed by atoms with Crippen LogP contribution < -0.4 is 5.56 Å². The number of pyridine rings is 1. The van der Waals surface area contributed by atoms with Crippen LogP contribution in [0.1, 0.15) is 30.7 Å². The second-order valence-electron chi connectivity index (χ2n) is 6.60. The van der Waals surface area contributed by atoms with E-state index in [1.807, 2.05) is 19.1 Å². The third-order valence-corrected chi connectivity index (χ3v) is 7.07. The first-order valence-corrected chi connectivity index (χ1v) is 11.1. The van der Waals surface area contributed by atoms with Crippen molar-refractivity contribution in [2.24, 2.45) is 0 Å². The SMILES string of the molecule is CCN(CC)S(=O)(=O)c1ccc(-n2[nH]c(C)c(Cc3ccc(Cl)cc3)c2=O)nc1. The number of aromatic amines is 1. The van der Waals surface area contributed by atoms with Crippen molar-refractivity contribution < 1.29 is 8.42 Å². The molecule has 0 spiro atoms. The second kappa shape index (κ2) is 8.52. The molecule has 0 aliphatic heterocycles. The van der Waals surface area contributed by atoms with Crippen LogP contribution in [-0.2, 0) is 16.4 Å². The Bertz CT molecular complexity index is 1150. The van der Waals surface area contributed by atoms with E-state index in [0.717, 1.165) is 11.3 Å². The van der Waals surface area contributed by atoms with Gasteiger partial charge in [-0.15, -0.1) is 0 Å². The summed E-state index contributed by atoms with van der Waals surface area (Å²) in [5.74, 6) is 0.332. The van der Waals surface area contributed by atoms with Gasteiger partial charge in [-0.2, -0.15) is 4.31 Å². The van der Waals surface area contributed by atoms with Crippen LogP contribution in [0.15, 0.2) is 52.3 Å². The number of rotatable bonds is 7. The number of halogens is 1. The van der Waals surface area contributed by atoms with Crippen molar-refractivity contribution in [3.8, 4) is 5.82 Å². The molecule has 7 nitrogen and oxygen atoms in total. The summed E-state index contributed by atoms with van der Waals surface area (Å²) >= 11 is 5.92. The maximum atomic E-state index is 12.9. The highest BCUT2D eigenvalue weighted by Gasteiger charge is 2.22. The predicted molar refractivity (Wildman–Crippen MR) is 113 cm³/mol. The Hall–Kier alpha value is -2.42. The van der Waals surface area contributed by atoms with Crippen molar-refractivity contribution in [2.45, 2.75) is 32.1 Å². The molecule has 2 aromatic heterocycles. The maximum absolute atomic E-state index is 12.9. The summed E-state index contributed by atoms with van der Waals surface area (Å²) in [4.78, 5) is 17.2. The number of benzene rings is 1. The van der Waals surface area contributed by atoms with Gasteiger partial charge in [-0.3, -0.25) is 9.89 Å². The molecule has 0 aliphatic carbocycles. The molecule has 9 heteroatoms. The molecule has 3 rings (SSSR count). The Morgan fingerprint density at radius 1 is 1.10 bits per heavy atom. The Labute approximate surface area is 175 Å². The summed E-state index contributed by atoms with van der Waals surface area (Å²) in [7, 11) is -3.60. The molecule has 0 radical (unpaired) electrons. The Balaban J connectivity index is 1.92. The largest absolute Gasteiger partial charge is 0.294 e. The molecule has 0 aliphatic rings. The number of H-pyrrole nitrogens is 1. The highest BCUT2D eigenvalue weighted by atomic mass is 35.5. The van der Waals surface area contributed by atoms with Crippen LogP contribution in [0.5, 0.6) is 0 Å². The van der Waals surface area contributed by atoms with Crippen molar-refractivity contribution in [3.05, 3.63) is 74.8 Å². The van der Waals surface area contributed by atoms with E-state index in [1.165, 1.54) is 27.3 Å². The standard InChI is InChI=1S/C20H23ClN4O3S/c1-4-24(5-2)29(27,28)17-10-11-19(22-13-17)25-20(26)18(14(3)23-25)12-15-6-8-16(21)9-7-15/h6-11,13,23H,4-5,12H2,1-3H3. The average Bonchev–Trinajstić information content (AvgIpc) is 2.98. The van der Waals surface area contributed by atoms with E-state index in [9.17, 15) is 13.2 Å². The molecule has 154 valence electrons. The van der Waals surface area contributed by atoms with Gasteiger partial charge in [0.05, 0.1) is 0 Å². The summed E-state index contributed by atoms with van der Waals surface area (Å²) in [5, 5.41) is 3.66. The molecular weight excluding hydrogens is 412 g/mol. The van der Waals surface area contributed by atoms with E-state index < -0.39 is 10.0 Å². The van der Waals surface area contributed by atoms with Gasteiger partial charge in [0.25, 0.3) is 5.56 Å². The molecular formula is C20H23ClN4O3S. The van der Waals surface area contributed by atoms with Gasteiger partial charge in [-0.25, -0.2) is 18.1 Å². The molecule has 0 saturated carbocycles. The van der Waals surface area contributed by atoms with E-state index in [-0.39, 0.29) is 10.5 Å². The molecule has 0 atom stereocenters. The van der Waals surface area contributed by atoms with Crippen LogP contribution >= 0.6 is 11.6 Å². The van der Waals surface area contributed by atoms with Gasteiger partial charge in [-0.1, -0.05) is 37.6 Å². The van der Waals surface area contributed by atoms with Crippen molar-refractivity contribution in [1.82, 2.24) is 19.1 Å². The second-order valence-corrected chi connectivity index (χ2v) is 8.97. The lowest BCUT2D eigenvalue weighted by Crippen LogP contribution is -2.30. The fraction of sp³-hybridized carbons (Fsp3) is 0.300. The third-order valence-electron chi connectivity index (χ3n) is 4.78. The van der Waals surface area contributed by atoms with Crippen molar-refractivity contribution in [3.63, 3.8) is 0 Å². The summed E-state index contributed by atoms with van der Waals surface area (Å²) < 4.78 is 27.9. The van der Waals surface area contributed by atoms with Crippen molar-refractivity contribution in [1.29, 1.82) is 0 Å². The zero-order chi connectivity index (χ0) is 21.2. The van der Waals surface area contributed by atoms with Gasteiger partial charge in [0.2, 0.25) is 10.0 Å². The van der Waals surface area contributed by atoms with Crippen LogP contribution in [0.3, 0.4) is 0 Å². The molecule has 3 aromatic rings. The highest BCUT2D eigenvalue weighted by molar-refractivity contribution is 7.89. The van der Waals surface area contributed by atoms with Gasteiger partial charge < -0.3 is 0 Å².